The Morgan fingerprint density at radius 3 is 2.38 bits per heavy atom. The summed E-state index contributed by atoms with van der Waals surface area (Å²) in [6, 6.07) is 0. The van der Waals surface area contributed by atoms with Crippen molar-refractivity contribution in [2.45, 2.75) is 32.1 Å². The highest BCUT2D eigenvalue weighted by molar-refractivity contribution is 5.79. The van der Waals surface area contributed by atoms with Crippen molar-refractivity contribution in [2.75, 3.05) is 13.1 Å². The van der Waals surface area contributed by atoms with Gasteiger partial charge in [-0.2, -0.15) is 0 Å². The Kier molecular flexibility index (Phi) is 2.38. The van der Waals surface area contributed by atoms with Crippen molar-refractivity contribution in [3.63, 3.8) is 0 Å². The molecular weight excluding hydrogens is 162 g/mol. The summed E-state index contributed by atoms with van der Waals surface area (Å²) in [4.78, 5) is 13.8. The van der Waals surface area contributed by atoms with Gasteiger partial charge >= 0.3 is 0 Å². The standard InChI is InChI=1S/C11H17NO/c1-9-5-7-12(8-6-9)11(13)10-3-2-4-10/h10H,1-8H2. The number of hydrogen-bond acceptors (Lipinski definition) is 1. The molecule has 2 nitrogen and oxygen atoms in total. The fourth-order valence-electron chi connectivity index (χ4n) is 1.96. The van der Waals surface area contributed by atoms with Crippen LogP contribution in [0.5, 0.6) is 0 Å². The summed E-state index contributed by atoms with van der Waals surface area (Å²) in [7, 11) is 0. The minimum atomic E-state index is 0.367. The lowest BCUT2D eigenvalue weighted by Crippen LogP contribution is -2.42. The van der Waals surface area contributed by atoms with E-state index in [0.29, 0.717) is 11.8 Å². The van der Waals surface area contributed by atoms with Crippen LogP contribution in [0.1, 0.15) is 32.1 Å². The molecule has 0 bridgehead atoms. The maximum absolute atomic E-state index is 11.8. The van der Waals surface area contributed by atoms with Crippen molar-refractivity contribution < 1.29 is 4.79 Å². The molecular formula is C11H17NO. The number of carbonyl (C=O) groups excluding carboxylic acids is 1. The van der Waals surface area contributed by atoms with Crippen LogP contribution in [-0.4, -0.2) is 23.9 Å². The monoisotopic (exact) mass is 179 g/mol. The number of hydrogen-bond donors (Lipinski definition) is 0. The molecule has 2 fully saturated rings. The van der Waals surface area contributed by atoms with Gasteiger partial charge in [-0.05, 0) is 25.7 Å². The molecule has 0 spiro atoms. The number of carbonyl (C=O) groups is 1. The molecule has 2 aliphatic rings. The maximum atomic E-state index is 11.8. The van der Waals surface area contributed by atoms with E-state index in [1.54, 1.807) is 0 Å². The zero-order valence-corrected chi connectivity index (χ0v) is 8.09. The molecule has 0 unspecified atom stereocenters. The van der Waals surface area contributed by atoms with Crippen molar-refractivity contribution in [3.05, 3.63) is 12.2 Å². The lowest BCUT2D eigenvalue weighted by Gasteiger charge is -2.34. The summed E-state index contributed by atoms with van der Waals surface area (Å²) >= 11 is 0. The summed E-state index contributed by atoms with van der Waals surface area (Å²) in [5.74, 6) is 0.769. The first-order valence-electron chi connectivity index (χ1n) is 5.23. The van der Waals surface area contributed by atoms with Crippen LogP contribution in [0.15, 0.2) is 12.2 Å². The molecule has 0 aromatic heterocycles. The minimum absolute atomic E-state index is 0.367. The van der Waals surface area contributed by atoms with E-state index in [0.717, 1.165) is 38.8 Å². The molecule has 0 aromatic rings. The minimum Gasteiger partial charge on any atom is -0.342 e. The third kappa shape index (κ3) is 1.77. The second kappa shape index (κ2) is 3.52. The zero-order chi connectivity index (χ0) is 9.26. The molecule has 1 heterocycles. The number of piperidine rings is 1. The van der Waals surface area contributed by atoms with Gasteiger partial charge in [0.25, 0.3) is 0 Å². The van der Waals surface area contributed by atoms with Gasteiger partial charge in [-0.25, -0.2) is 0 Å². The zero-order valence-electron chi connectivity index (χ0n) is 8.09. The topological polar surface area (TPSA) is 20.3 Å². The van der Waals surface area contributed by atoms with E-state index in [1.165, 1.54) is 12.0 Å². The second-order valence-corrected chi connectivity index (χ2v) is 4.20. The molecule has 2 rings (SSSR count). The fraction of sp³-hybridized carbons (Fsp3) is 0.727. The summed E-state index contributed by atoms with van der Waals surface area (Å²) in [6.07, 6.45) is 5.51. The van der Waals surface area contributed by atoms with Crippen LogP contribution in [0.2, 0.25) is 0 Å². The van der Waals surface area contributed by atoms with Gasteiger partial charge in [0.2, 0.25) is 5.91 Å². The lowest BCUT2D eigenvalue weighted by molar-refractivity contribution is -0.138. The molecule has 0 atom stereocenters. The highest BCUT2D eigenvalue weighted by atomic mass is 16.2. The fourth-order valence-corrected chi connectivity index (χ4v) is 1.96. The van der Waals surface area contributed by atoms with E-state index < -0.39 is 0 Å². The molecule has 1 saturated carbocycles. The predicted octanol–water partition coefficient (Wildman–Crippen LogP) is 1.97. The third-order valence-electron chi connectivity index (χ3n) is 3.24. The number of likely N-dealkylation sites (tertiary alicyclic amines) is 1. The molecule has 1 saturated heterocycles. The predicted molar refractivity (Wildman–Crippen MR) is 52.3 cm³/mol. The largest absolute Gasteiger partial charge is 0.342 e. The first-order valence-corrected chi connectivity index (χ1v) is 5.23. The van der Waals surface area contributed by atoms with E-state index >= 15 is 0 Å². The Morgan fingerprint density at radius 2 is 1.92 bits per heavy atom. The summed E-state index contributed by atoms with van der Waals surface area (Å²) in [5.41, 5.74) is 1.30. The average molecular weight is 179 g/mol. The molecule has 1 aliphatic carbocycles. The smallest absolute Gasteiger partial charge is 0.225 e. The molecule has 13 heavy (non-hydrogen) atoms. The highest BCUT2D eigenvalue weighted by Gasteiger charge is 2.30. The van der Waals surface area contributed by atoms with E-state index in [-0.39, 0.29) is 0 Å². The number of amides is 1. The third-order valence-corrected chi connectivity index (χ3v) is 3.24. The Morgan fingerprint density at radius 1 is 1.31 bits per heavy atom. The van der Waals surface area contributed by atoms with Gasteiger partial charge in [0, 0.05) is 19.0 Å². The Labute approximate surface area is 79.6 Å². The van der Waals surface area contributed by atoms with Crippen molar-refractivity contribution in [1.82, 2.24) is 4.90 Å². The molecule has 2 heteroatoms. The van der Waals surface area contributed by atoms with Crippen LogP contribution in [0.25, 0.3) is 0 Å². The van der Waals surface area contributed by atoms with Gasteiger partial charge in [0.15, 0.2) is 0 Å². The Bertz CT molecular complexity index is 220. The van der Waals surface area contributed by atoms with Crippen LogP contribution in [-0.2, 0) is 4.79 Å². The van der Waals surface area contributed by atoms with Crippen LogP contribution >= 0.6 is 0 Å². The first kappa shape index (κ1) is 8.79. The van der Waals surface area contributed by atoms with Gasteiger partial charge in [-0.3, -0.25) is 4.79 Å². The van der Waals surface area contributed by atoms with Crippen LogP contribution in [0, 0.1) is 5.92 Å². The van der Waals surface area contributed by atoms with Gasteiger partial charge in [0.1, 0.15) is 0 Å². The first-order chi connectivity index (χ1) is 6.27. The SMILES string of the molecule is C=C1CCN(C(=O)C2CCC2)CC1. The van der Waals surface area contributed by atoms with Crippen LogP contribution in [0.3, 0.4) is 0 Å². The molecule has 1 amide bonds. The van der Waals surface area contributed by atoms with E-state index in [1.807, 2.05) is 4.90 Å². The van der Waals surface area contributed by atoms with Gasteiger partial charge in [-0.15, -0.1) is 0 Å². The summed E-state index contributed by atoms with van der Waals surface area (Å²) < 4.78 is 0. The quantitative estimate of drug-likeness (QED) is 0.563. The Balaban J connectivity index is 1.86. The van der Waals surface area contributed by atoms with Gasteiger partial charge < -0.3 is 4.90 Å². The molecule has 0 N–H and O–H groups in total. The van der Waals surface area contributed by atoms with Gasteiger partial charge in [0.05, 0.1) is 0 Å². The summed E-state index contributed by atoms with van der Waals surface area (Å²) in [6.45, 7) is 5.77. The maximum Gasteiger partial charge on any atom is 0.225 e. The normalized spacial score (nSPS) is 24.3. The van der Waals surface area contributed by atoms with Crippen molar-refractivity contribution >= 4 is 5.91 Å². The van der Waals surface area contributed by atoms with Crippen molar-refractivity contribution in [1.29, 1.82) is 0 Å². The van der Waals surface area contributed by atoms with Crippen molar-refractivity contribution in [3.8, 4) is 0 Å². The van der Waals surface area contributed by atoms with Crippen LogP contribution < -0.4 is 0 Å². The van der Waals surface area contributed by atoms with Crippen molar-refractivity contribution in [2.24, 2.45) is 5.92 Å². The Hall–Kier alpha value is -0.790. The van der Waals surface area contributed by atoms with E-state index in [9.17, 15) is 4.79 Å². The van der Waals surface area contributed by atoms with E-state index in [4.69, 9.17) is 0 Å². The lowest BCUT2D eigenvalue weighted by atomic mass is 9.84. The second-order valence-electron chi connectivity index (χ2n) is 4.20. The number of nitrogens with zero attached hydrogens (tertiary/aromatic N) is 1. The van der Waals surface area contributed by atoms with Crippen LogP contribution in [0.4, 0.5) is 0 Å². The molecule has 0 radical (unpaired) electrons. The average Bonchev–Trinajstić information content (AvgIpc) is 2.02. The molecule has 72 valence electrons. The van der Waals surface area contributed by atoms with E-state index in [2.05, 4.69) is 6.58 Å². The van der Waals surface area contributed by atoms with Gasteiger partial charge in [-0.1, -0.05) is 18.6 Å². The molecule has 1 aliphatic heterocycles. The summed E-state index contributed by atoms with van der Waals surface area (Å²) in [5, 5.41) is 0. The number of rotatable bonds is 1. The molecule has 0 aromatic carbocycles. The highest BCUT2D eigenvalue weighted by Crippen LogP contribution is 2.29.